The molecule has 150 valence electrons. The van der Waals surface area contributed by atoms with E-state index in [-0.39, 0.29) is 11.7 Å². The van der Waals surface area contributed by atoms with Gasteiger partial charge < -0.3 is 4.90 Å². The zero-order chi connectivity index (χ0) is 20.7. The average Bonchev–Trinajstić information content (AvgIpc) is 2.75. The Hall–Kier alpha value is -2.92. The van der Waals surface area contributed by atoms with Gasteiger partial charge in [0, 0.05) is 17.8 Å². The minimum absolute atomic E-state index is 0.0814. The van der Waals surface area contributed by atoms with Gasteiger partial charge in [-0.3, -0.25) is 4.79 Å². The van der Waals surface area contributed by atoms with E-state index in [1.807, 2.05) is 30.3 Å². The Balaban J connectivity index is 1.78. The normalized spacial score (nSPS) is 11.2. The molecule has 29 heavy (non-hydrogen) atoms. The number of carbonyl (C=O) groups is 1. The van der Waals surface area contributed by atoms with Gasteiger partial charge in [0.25, 0.3) is 5.91 Å². The van der Waals surface area contributed by atoms with Gasteiger partial charge in [-0.15, -0.1) is 0 Å². The molecule has 0 aliphatic rings. The Kier molecular flexibility index (Phi) is 6.83. The second-order valence-corrected chi connectivity index (χ2v) is 8.90. The van der Waals surface area contributed by atoms with Gasteiger partial charge in [-0.05, 0) is 48.4 Å². The van der Waals surface area contributed by atoms with Crippen molar-refractivity contribution in [2.45, 2.75) is 30.4 Å². The molecule has 0 saturated carbocycles. The van der Waals surface area contributed by atoms with Crippen LogP contribution in [-0.2, 0) is 15.6 Å². The highest BCUT2D eigenvalue weighted by Crippen LogP contribution is 2.20. The molecule has 0 aromatic heterocycles. The number of rotatable bonds is 8. The summed E-state index contributed by atoms with van der Waals surface area (Å²) in [7, 11) is -3.41. The lowest BCUT2D eigenvalue weighted by Gasteiger charge is -2.23. The summed E-state index contributed by atoms with van der Waals surface area (Å²) in [5, 5.41) is 0. The molecule has 0 N–H and O–H groups in total. The van der Waals surface area contributed by atoms with Gasteiger partial charge in [-0.25, -0.2) is 8.42 Å². The van der Waals surface area contributed by atoms with Crippen molar-refractivity contribution in [1.29, 1.82) is 0 Å². The minimum Gasteiger partial charge on any atom is -0.308 e. The third-order valence-corrected chi connectivity index (χ3v) is 6.41. The summed E-state index contributed by atoms with van der Waals surface area (Å²) in [6.45, 7) is 2.74. The second kappa shape index (κ2) is 9.52. The lowest BCUT2D eigenvalue weighted by molar-refractivity contribution is 0.0986. The summed E-state index contributed by atoms with van der Waals surface area (Å²) >= 11 is 0. The fourth-order valence-corrected chi connectivity index (χ4v) is 4.47. The van der Waals surface area contributed by atoms with Crippen molar-refractivity contribution in [1.82, 2.24) is 0 Å². The van der Waals surface area contributed by atoms with E-state index in [0.29, 0.717) is 22.6 Å². The van der Waals surface area contributed by atoms with Gasteiger partial charge in [0.15, 0.2) is 9.84 Å². The largest absolute Gasteiger partial charge is 0.308 e. The molecule has 0 aliphatic heterocycles. The highest BCUT2D eigenvalue weighted by Gasteiger charge is 2.18. The maximum atomic E-state index is 13.1. The lowest BCUT2D eigenvalue weighted by Crippen LogP contribution is -2.31. The standard InChI is InChI=1S/C24H25NO3S/c1-2-3-18-25(22-10-6-4-7-11-22)24(26)21-16-14-20(15-17-21)19-29(27,28)23-12-8-5-9-13-23/h4-17H,2-3,18-19H2,1H3. The molecule has 0 fully saturated rings. The molecule has 0 aliphatic carbocycles. The van der Waals surface area contributed by atoms with E-state index < -0.39 is 9.84 Å². The molecule has 3 rings (SSSR count). The number of benzene rings is 3. The first kappa shape index (κ1) is 20.8. The summed E-state index contributed by atoms with van der Waals surface area (Å²) in [4.78, 5) is 15.2. The monoisotopic (exact) mass is 407 g/mol. The van der Waals surface area contributed by atoms with Crippen molar-refractivity contribution in [2.75, 3.05) is 11.4 Å². The third-order valence-electron chi connectivity index (χ3n) is 4.71. The SMILES string of the molecule is CCCCN(C(=O)c1ccc(CS(=O)(=O)c2ccccc2)cc1)c1ccccc1. The van der Waals surface area contributed by atoms with Crippen LogP contribution in [0.2, 0.25) is 0 Å². The minimum atomic E-state index is -3.41. The number of hydrogen-bond donors (Lipinski definition) is 0. The van der Waals surface area contributed by atoms with Crippen molar-refractivity contribution in [3.63, 3.8) is 0 Å². The van der Waals surface area contributed by atoms with Crippen LogP contribution in [0.25, 0.3) is 0 Å². The van der Waals surface area contributed by atoms with Crippen molar-refractivity contribution in [3.05, 3.63) is 96.1 Å². The molecule has 0 heterocycles. The van der Waals surface area contributed by atoms with Crippen LogP contribution in [0.3, 0.4) is 0 Å². The van der Waals surface area contributed by atoms with Gasteiger partial charge in [-0.1, -0.05) is 61.9 Å². The highest BCUT2D eigenvalue weighted by molar-refractivity contribution is 7.90. The summed E-state index contributed by atoms with van der Waals surface area (Å²) < 4.78 is 25.1. The number of amides is 1. The quantitative estimate of drug-likeness (QED) is 0.521. The molecule has 3 aromatic carbocycles. The smallest absolute Gasteiger partial charge is 0.258 e. The number of unbranched alkanes of at least 4 members (excludes halogenated alkanes) is 1. The third kappa shape index (κ3) is 5.33. The molecule has 0 atom stereocenters. The zero-order valence-corrected chi connectivity index (χ0v) is 17.3. The first-order valence-electron chi connectivity index (χ1n) is 9.75. The summed E-state index contributed by atoms with van der Waals surface area (Å²) in [5.74, 6) is -0.175. The van der Waals surface area contributed by atoms with Gasteiger partial charge >= 0.3 is 0 Å². The number of para-hydroxylation sites is 1. The molecule has 1 amide bonds. The molecule has 4 nitrogen and oxygen atoms in total. The maximum Gasteiger partial charge on any atom is 0.258 e. The van der Waals surface area contributed by atoms with E-state index in [4.69, 9.17) is 0 Å². The Morgan fingerprint density at radius 3 is 2.00 bits per heavy atom. The molecule has 5 heteroatoms. The van der Waals surface area contributed by atoms with Crippen LogP contribution >= 0.6 is 0 Å². The van der Waals surface area contributed by atoms with Crippen molar-refractivity contribution >= 4 is 21.4 Å². The van der Waals surface area contributed by atoms with Crippen molar-refractivity contribution < 1.29 is 13.2 Å². The zero-order valence-electron chi connectivity index (χ0n) is 16.5. The summed E-state index contributed by atoms with van der Waals surface area (Å²) in [6, 6.07) is 24.9. The Morgan fingerprint density at radius 2 is 1.41 bits per heavy atom. The number of carbonyl (C=O) groups excluding carboxylic acids is 1. The number of hydrogen-bond acceptors (Lipinski definition) is 3. The van der Waals surface area contributed by atoms with E-state index in [2.05, 4.69) is 6.92 Å². The van der Waals surface area contributed by atoms with Crippen LogP contribution in [-0.4, -0.2) is 20.9 Å². The van der Waals surface area contributed by atoms with E-state index in [0.717, 1.165) is 18.5 Å². The number of anilines is 1. The first-order valence-corrected chi connectivity index (χ1v) is 11.4. The van der Waals surface area contributed by atoms with E-state index >= 15 is 0 Å². The molecular formula is C24H25NO3S. The van der Waals surface area contributed by atoms with Gasteiger partial charge in [0.05, 0.1) is 10.6 Å². The van der Waals surface area contributed by atoms with Crippen LogP contribution in [0.1, 0.15) is 35.7 Å². The molecular weight excluding hydrogens is 382 g/mol. The second-order valence-electron chi connectivity index (χ2n) is 6.91. The molecule has 0 bridgehead atoms. The Bertz CT molecular complexity index is 1030. The van der Waals surface area contributed by atoms with Gasteiger partial charge in [0.2, 0.25) is 0 Å². The van der Waals surface area contributed by atoms with Crippen LogP contribution in [0.5, 0.6) is 0 Å². The predicted molar refractivity (Wildman–Crippen MR) is 117 cm³/mol. The fraction of sp³-hybridized carbons (Fsp3) is 0.208. The van der Waals surface area contributed by atoms with Crippen LogP contribution < -0.4 is 4.90 Å². The fourth-order valence-electron chi connectivity index (χ4n) is 3.10. The van der Waals surface area contributed by atoms with Gasteiger partial charge in [0.1, 0.15) is 0 Å². The maximum absolute atomic E-state index is 13.1. The van der Waals surface area contributed by atoms with Gasteiger partial charge in [-0.2, -0.15) is 0 Å². The molecule has 0 unspecified atom stereocenters. The number of sulfone groups is 1. The summed E-state index contributed by atoms with van der Waals surface area (Å²) in [5.41, 5.74) is 2.07. The molecule has 0 spiro atoms. The Labute approximate surface area is 172 Å². The molecule has 0 radical (unpaired) electrons. The van der Waals surface area contributed by atoms with Crippen molar-refractivity contribution in [3.8, 4) is 0 Å². The van der Waals surface area contributed by atoms with Crippen molar-refractivity contribution in [2.24, 2.45) is 0 Å². The highest BCUT2D eigenvalue weighted by atomic mass is 32.2. The topological polar surface area (TPSA) is 54.5 Å². The molecule has 0 saturated heterocycles. The summed E-state index contributed by atoms with van der Waals surface area (Å²) in [6.07, 6.45) is 1.90. The van der Waals surface area contributed by atoms with Crippen LogP contribution in [0, 0.1) is 0 Å². The Morgan fingerprint density at radius 1 is 0.828 bits per heavy atom. The lowest BCUT2D eigenvalue weighted by atomic mass is 10.1. The number of nitrogens with zero attached hydrogens (tertiary/aromatic N) is 1. The van der Waals surface area contributed by atoms with Crippen LogP contribution in [0.4, 0.5) is 5.69 Å². The first-order chi connectivity index (χ1) is 14.0. The van der Waals surface area contributed by atoms with E-state index in [9.17, 15) is 13.2 Å². The predicted octanol–water partition coefficient (Wildman–Crippen LogP) is 5.11. The molecule has 3 aromatic rings. The average molecular weight is 408 g/mol. The van der Waals surface area contributed by atoms with Crippen LogP contribution in [0.15, 0.2) is 89.8 Å². The van der Waals surface area contributed by atoms with E-state index in [1.165, 1.54) is 0 Å². The van der Waals surface area contributed by atoms with E-state index in [1.54, 1.807) is 59.5 Å².